The molecule has 0 aliphatic rings. The number of benzene rings is 1. The fraction of sp³-hybridized carbons (Fsp3) is 0.467. The molecular formula is C15H22N2O4. The van der Waals surface area contributed by atoms with Gasteiger partial charge in [0.05, 0.1) is 6.10 Å². The van der Waals surface area contributed by atoms with Gasteiger partial charge in [-0.1, -0.05) is 30.3 Å². The SMILES string of the molecule is CC(O)CCN(C)C(=O)NC(C)(C(=O)O)c1ccccc1. The average Bonchev–Trinajstić information content (AvgIpc) is 2.45. The molecule has 1 aromatic carbocycles. The Morgan fingerprint density at radius 3 is 2.38 bits per heavy atom. The largest absolute Gasteiger partial charge is 0.479 e. The summed E-state index contributed by atoms with van der Waals surface area (Å²) in [5, 5.41) is 21.2. The van der Waals surface area contributed by atoms with Crippen molar-refractivity contribution in [2.24, 2.45) is 0 Å². The molecule has 0 radical (unpaired) electrons. The zero-order chi connectivity index (χ0) is 16.0. The van der Waals surface area contributed by atoms with Gasteiger partial charge in [-0.3, -0.25) is 0 Å². The number of urea groups is 1. The Bertz CT molecular complexity index is 490. The van der Waals surface area contributed by atoms with E-state index in [1.54, 1.807) is 44.3 Å². The summed E-state index contributed by atoms with van der Waals surface area (Å²) in [6.07, 6.45) is -0.0841. The number of hydrogen-bond acceptors (Lipinski definition) is 3. The summed E-state index contributed by atoms with van der Waals surface area (Å²) in [6, 6.07) is 8.04. The number of carboxylic acids is 1. The van der Waals surface area contributed by atoms with Crippen LogP contribution in [0.25, 0.3) is 0 Å². The molecule has 6 nitrogen and oxygen atoms in total. The van der Waals surface area contributed by atoms with Gasteiger partial charge in [-0.05, 0) is 25.8 Å². The lowest BCUT2D eigenvalue weighted by Gasteiger charge is -2.29. The first-order chi connectivity index (χ1) is 9.77. The summed E-state index contributed by atoms with van der Waals surface area (Å²) in [6.45, 7) is 3.43. The van der Waals surface area contributed by atoms with Gasteiger partial charge in [0.25, 0.3) is 0 Å². The number of aliphatic hydroxyl groups excluding tert-OH is 1. The van der Waals surface area contributed by atoms with Crippen molar-refractivity contribution in [2.45, 2.75) is 31.9 Å². The van der Waals surface area contributed by atoms with Crippen LogP contribution in [-0.2, 0) is 10.3 Å². The van der Waals surface area contributed by atoms with E-state index in [9.17, 15) is 19.8 Å². The predicted octanol–water partition coefficient (Wildman–Crippen LogP) is 1.40. The maximum absolute atomic E-state index is 12.1. The molecule has 0 aliphatic carbocycles. The minimum atomic E-state index is -1.50. The summed E-state index contributed by atoms with van der Waals surface area (Å²) in [5.74, 6) is -1.13. The molecule has 21 heavy (non-hydrogen) atoms. The second-order valence-corrected chi connectivity index (χ2v) is 5.29. The number of nitrogens with zero attached hydrogens (tertiary/aromatic N) is 1. The molecule has 1 aromatic rings. The van der Waals surface area contributed by atoms with Gasteiger partial charge in [-0.25, -0.2) is 9.59 Å². The highest BCUT2D eigenvalue weighted by Crippen LogP contribution is 2.21. The summed E-state index contributed by atoms with van der Waals surface area (Å²) >= 11 is 0. The van der Waals surface area contributed by atoms with Crippen LogP contribution in [0, 0.1) is 0 Å². The van der Waals surface area contributed by atoms with Gasteiger partial charge < -0.3 is 20.4 Å². The molecule has 0 saturated carbocycles. The Balaban J connectivity index is 2.84. The van der Waals surface area contributed by atoms with Crippen molar-refractivity contribution in [3.8, 4) is 0 Å². The molecule has 3 N–H and O–H groups in total. The fourth-order valence-electron chi connectivity index (χ4n) is 1.81. The first-order valence-electron chi connectivity index (χ1n) is 6.77. The third kappa shape index (κ3) is 4.46. The number of rotatable bonds is 6. The zero-order valence-corrected chi connectivity index (χ0v) is 12.5. The lowest BCUT2D eigenvalue weighted by atomic mass is 9.92. The maximum Gasteiger partial charge on any atom is 0.333 e. The highest BCUT2D eigenvalue weighted by Gasteiger charge is 2.37. The van der Waals surface area contributed by atoms with Crippen LogP contribution in [0.3, 0.4) is 0 Å². The molecule has 0 aromatic heterocycles. The normalized spacial score (nSPS) is 14.9. The van der Waals surface area contributed by atoms with Crippen LogP contribution in [0.1, 0.15) is 25.8 Å². The summed E-state index contributed by atoms with van der Waals surface area (Å²) < 4.78 is 0. The predicted molar refractivity (Wildman–Crippen MR) is 78.9 cm³/mol. The van der Waals surface area contributed by atoms with Crippen molar-refractivity contribution in [1.82, 2.24) is 10.2 Å². The van der Waals surface area contributed by atoms with E-state index in [1.165, 1.54) is 11.8 Å². The van der Waals surface area contributed by atoms with E-state index in [-0.39, 0.29) is 0 Å². The van der Waals surface area contributed by atoms with Crippen molar-refractivity contribution in [3.63, 3.8) is 0 Å². The Morgan fingerprint density at radius 1 is 1.33 bits per heavy atom. The van der Waals surface area contributed by atoms with E-state index < -0.39 is 23.6 Å². The molecule has 0 saturated heterocycles. The molecule has 116 valence electrons. The van der Waals surface area contributed by atoms with Crippen molar-refractivity contribution < 1.29 is 19.8 Å². The second kappa shape index (κ2) is 7.08. The summed E-state index contributed by atoms with van der Waals surface area (Å²) in [4.78, 5) is 25.0. The quantitative estimate of drug-likeness (QED) is 0.739. The summed E-state index contributed by atoms with van der Waals surface area (Å²) in [5.41, 5.74) is -1.01. The van der Waals surface area contributed by atoms with Gasteiger partial charge in [0.2, 0.25) is 0 Å². The molecule has 0 spiro atoms. The van der Waals surface area contributed by atoms with Crippen molar-refractivity contribution in [1.29, 1.82) is 0 Å². The van der Waals surface area contributed by atoms with E-state index >= 15 is 0 Å². The van der Waals surface area contributed by atoms with Crippen LogP contribution in [0.2, 0.25) is 0 Å². The maximum atomic E-state index is 12.1. The first-order valence-corrected chi connectivity index (χ1v) is 6.77. The molecule has 2 atom stereocenters. The number of hydrogen-bond donors (Lipinski definition) is 3. The molecular weight excluding hydrogens is 272 g/mol. The monoisotopic (exact) mass is 294 g/mol. The Morgan fingerprint density at radius 2 is 1.90 bits per heavy atom. The molecule has 1 rings (SSSR count). The number of carbonyl (C=O) groups is 2. The smallest absolute Gasteiger partial charge is 0.333 e. The average molecular weight is 294 g/mol. The molecule has 0 bridgehead atoms. The topological polar surface area (TPSA) is 89.9 Å². The molecule has 2 amide bonds. The van der Waals surface area contributed by atoms with Crippen molar-refractivity contribution >= 4 is 12.0 Å². The Kier molecular flexibility index (Phi) is 5.72. The van der Waals surface area contributed by atoms with E-state index in [0.29, 0.717) is 18.5 Å². The number of aliphatic carboxylic acids is 1. The van der Waals surface area contributed by atoms with E-state index in [0.717, 1.165) is 0 Å². The minimum absolute atomic E-state index is 0.341. The highest BCUT2D eigenvalue weighted by molar-refractivity contribution is 5.87. The third-order valence-corrected chi connectivity index (χ3v) is 3.36. The number of nitrogens with one attached hydrogen (secondary N) is 1. The Labute approximate surface area is 124 Å². The third-order valence-electron chi connectivity index (χ3n) is 3.36. The van der Waals surface area contributed by atoms with E-state index in [4.69, 9.17) is 0 Å². The first kappa shape index (κ1) is 17.0. The van der Waals surface area contributed by atoms with Crippen LogP contribution in [-0.4, -0.2) is 46.8 Å². The van der Waals surface area contributed by atoms with Crippen LogP contribution < -0.4 is 5.32 Å². The number of aliphatic hydroxyl groups is 1. The van der Waals surface area contributed by atoms with Gasteiger partial charge in [-0.2, -0.15) is 0 Å². The van der Waals surface area contributed by atoms with Gasteiger partial charge in [0, 0.05) is 13.6 Å². The lowest BCUT2D eigenvalue weighted by molar-refractivity contribution is -0.144. The highest BCUT2D eigenvalue weighted by atomic mass is 16.4. The van der Waals surface area contributed by atoms with Crippen LogP contribution >= 0.6 is 0 Å². The van der Waals surface area contributed by atoms with Crippen molar-refractivity contribution in [2.75, 3.05) is 13.6 Å². The minimum Gasteiger partial charge on any atom is -0.479 e. The molecule has 0 heterocycles. The Hall–Kier alpha value is -2.08. The number of carboxylic acid groups (broad SMARTS) is 1. The summed E-state index contributed by atoms with van der Waals surface area (Å²) in [7, 11) is 1.56. The van der Waals surface area contributed by atoms with Crippen molar-refractivity contribution in [3.05, 3.63) is 35.9 Å². The van der Waals surface area contributed by atoms with Gasteiger partial charge in [0.15, 0.2) is 5.54 Å². The van der Waals surface area contributed by atoms with E-state index in [1.807, 2.05) is 0 Å². The molecule has 2 unspecified atom stereocenters. The fourth-order valence-corrected chi connectivity index (χ4v) is 1.81. The number of amides is 2. The standard InChI is InChI=1S/C15H22N2O4/c1-11(18)9-10-17(3)14(21)16-15(2,13(19)20)12-7-5-4-6-8-12/h4-8,11,18H,9-10H2,1-3H3,(H,16,21)(H,19,20). The molecule has 6 heteroatoms. The number of carbonyl (C=O) groups excluding carboxylic acids is 1. The van der Waals surface area contributed by atoms with Crippen LogP contribution in [0.4, 0.5) is 4.79 Å². The lowest BCUT2D eigenvalue weighted by Crippen LogP contribution is -2.53. The second-order valence-electron chi connectivity index (χ2n) is 5.29. The van der Waals surface area contributed by atoms with Gasteiger partial charge >= 0.3 is 12.0 Å². The van der Waals surface area contributed by atoms with Crippen LogP contribution in [0.5, 0.6) is 0 Å². The van der Waals surface area contributed by atoms with E-state index in [2.05, 4.69) is 5.32 Å². The van der Waals surface area contributed by atoms with Gasteiger partial charge in [-0.15, -0.1) is 0 Å². The zero-order valence-electron chi connectivity index (χ0n) is 12.5. The van der Waals surface area contributed by atoms with Crippen LogP contribution in [0.15, 0.2) is 30.3 Å². The molecule has 0 fully saturated rings. The molecule has 0 aliphatic heterocycles. The van der Waals surface area contributed by atoms with Gasteiger partial charge in [0.1, 0.15) is 0 Å².